The highest BCUT2D eigenvalue weighted by Gasteiger charge is 2.52. The van der Waals surface area contributed by atoms with Crippen molar-refractivity contribution in [1.29, 1.82) is 0 Å². The van der Waals surface area contributed by atoms with Gasteiger partial charge >= 0.3 is 6.09 Å². The number of carbonyl (C=O) groups is 2. The SMILES string of the molecule is CC(C)(C)OC(=O)NCCCNC(=O)C1(c2ccccc2F)CC1. The zero-order valence-electron chi connectivity index (χ0n) is 14.4. The number of ether oxygens (including phenoxy) is 1. The lowest BCUT2D eigenvalue weighted by Gasteiger charge is -2.20. The Labute approximate surface area is 142 Å². The van der Waals surface area contributed by atoms with Gasteiger partial charge in [-0.3, -0.25) is 4.79 Å². The molecule has 2 amide bonds. The van der Waals surface area contributed by atoms with Gasteiger partial charge in [0.25, 0.3) is 0 Å². The summed E-state index contributed by atoms with van der Waals surface area (Å²) in [6, 6.07) is 6.42. The van der Waals surface area contributed by atoms with E-state index in [4.69, 9.17) is 4.74 Å². The second-order valence-electron chi connectivity index (χ2n) is 7.10. The molecule has 0 aliphatic heterocycles. The normalized spacial score (nSPS) is 15.5. The molecule has 1 aliphatic rings. The molecule has 1 aromatic rings. The third kappa shape index (κ3) is 4.69. The number of halogens is 1. The van der Waals surface area contributed by atoms with Crippen molar-refractivity contribution < 1.29 is 18.7 Å². The van der Waals surface area contributed by atoms with Gasteiger partial charge in [-0.25, -0.2) is 9.18 Å². The number of hydrogen-bond acceptors (Lipinski definition) is 3. The number of rotatable bonds is 6. The first-order valence-corrected chi connectivity index (χ1v) is 8.25. The summed E-state index contributed by atoms with van der Waals surface area (Å²) in [6.45, 7) is 6.21. The summed E-state index contributed by atoms with van der Waals surface area (Å²) in [5.74, 6) is -0.485. The van der Waals surface area contributed by atoms with Gasteiger partial charge in [0.2, 0.25) is 5.91 Å². The topological polar surface area (TPSA) is 67.4 Å². The van der Waals surface area contributed by atoms with Crippen molar-refractivity contribution in [3.63, 3.8) is 0 Å². The molecular weight excluding hydrogens is 311 g/mol. The van der Waals surface area contributed by atoms with Crippen molar-refractivity contribution in [1.82, 2.24) is 10.6 Å². The van der Waals surface area contributed by atoms with Crippen LogP contribution in [0.2, 0.25) is 0 Å². The summed E-state index contributed by atoms with van der Waals surface area (Å²) in [7, 11) is 0. The molecule has 0 aromatic heterocycles. The predicted octanol–water partition coefficient (Wildman–Crippen LogP) is 2.89. The van der Waals surface area contributed by atoms with E-state index >= 15 is 0 Å². The van der Waals surface area contributed by atoms with Crippen LogP contribution in [-0.2, 0) is 14.9 Å². The summed E-state index contributed by atoms with van der Waals surface area (Å²) >= 11 is 0. The molecule has 1 aliphatic carbocycles. The average molecular weight is 336 g/mol. The largest absolute Gasteiger partial charge is 0.444 e. The van der Waals surface area contributed by atoms with Gasteiger partial charge in [0.05, 0.1) is 5.41 Å². The second-order valence-corrected chi connectivity index (χ2v) is 7.10. The maximum absolute atomic E-state index is 13.9. The van der Waals surface area contributed by atoms with Crippen LogP contribution in [0, 0.1) is 5.82 Å². The predicted molar refractivity (Wildman–Crippen MR) is 89.2 cm³/mol. The quantitative estimate of drug-likeness (QED) is 0.785. The number of amides is 2. The fourth-order valence-corrected chi connectivity index (χ4v) is 2.56. The van der Waals surface area contributed by atoms with E-state index in [0.717, 1.165) is 0 Å². The maximum atomic E-state index is 13.9. The van der Waals surface area contributed by atoms with Gasteiger partial charge in [0.15, 0.2) is 0 Å². The second kappa shape index (κ2) is 7.20. The fourth-order valence-electron chi connectivity index (χ4n) is 2.56. The Morgan fingerprint density at radius 3 is 2.38 bits per heavy atom. The van der Waals surface area contributed by atoms with Crippen LogP contribution in [0.15, 0.2) is 24.3 Å². The Kier molecular flexibility index (Phi) is 5.47. The lowest BCUT2D eigenvalue weighted by atomic mass is 9.94. The Hall–Kier alpha value is -2.11. The molecule has 0 bridgehead atoms. The van der Waals surface area contributed by atoms with Crippen LogP contribution in [0.5, 0.6) is 0 Å². The molecule has 0 radical (unpaired) electrons. The van der Waals surface area contributed by atoms with Crippen molar-refractivity contribution in [2.24, 2.45) is 0 Å². The van der Waals surface area contributed by atoms with E-state index in [9.17, 15) is 14.0 Å². The molecule has 24 heavy (non-hydrogen) atoms. The maximum Gasteiger partial charge on any atom is 0.407 e. The first-order chi connectivity index (χ1) is 11.2. The summed E-state index contributed by atoms with van der Waals surface area (Å²) in [5, 5.41) is 5.47. The smallest absolute Gasteiger partial charge is 0.407 e. The highest BCUT2D eigenvalue weighted by molar-refractivity contribution is 5.91. The average Bonchev–Trinajstić information content (AvgIpc) is 3.27. The van der Waals surface area contributed by atoms with Crippen LogP contribution in [0.25, 0.3) is 0 Å². The van der Waals surface area contributed by atoms with E-state index in [1.807, 2.05) is 0 Å². The molecular formula is C18H25FN2O3. The molecule has 0 saturated heterocycles. The summed E-state index contributed by atoms with van der Waals surface area (Å²) in [4.78, 5) is 23.9. The minimum atomic E-state index is -0.718. The lowest BCUT2D eigenvalue weighted by Crippen LogP contribution is -2.38. The van der Waals surface area contributed by atoms with Crippen molar-refractivity contribution >= 4 is 12.0 Å². The lowest BCUT2D eigenvalue weighted by molar-refractivity contribution is -0.123. The number of alkyl carbamates (subject to hydrolysis) is 1. The highest BCUT2D eigenvalue weighted by Crippen LogP contribution is 2.49. The minimum Gasteiger partial charge on any atom is -0.444 e. The molecule has 0 atom stereocenters. The Morgan fingerprint density at radius 1 is 1.17 bits per heavy atom. The molecule has 1 saturated carbocycles. The molecule has 2 N–H and O–H groups in total. The van der Waals surface area contributed by atoms with Gasteiger partial charge in [0.1, 0.15) is 11.4 Å². The molecule has 132 valence electrons. The van der Waals surface area contributed by atoms with Crippen molar-refractivity contribution in [3.05, 3.63) is 35.6 Å². The van der Waals surface area contributed by atoms with Crippen LogP contribution in [0.3, 0.4) is 0 Å². The van der Waals surface area contributed by atoms with Crippen LogP contribution in [0.1, 0.15) is 45.6 Å². The number of hydrogen-bond donors (Lipinski definition) is 2. The molecule has 0 heterocycles. The van der Waals surface area contributed by atoms with Gasteiger partial charge in [-0.05, 0) is 46.1 Å². The summed E-state index contributed by atoms with van der Waals surface area (Å²) in [5.41, 5.74) is -0.783. The molecule has 0 unspecified atom stereocenters. The Balaban J connectivity index is 1.73. The Bertz CT molecular complexity index is 607. The van der Waals surface area contributed by atoms with Gasteiger partial charge in [-0.15, -0.1) is 0 Å². The third-order valence-electron chi connectivity index (χ3n) is 3.88. The zero-order chi connectivity index (χ0) is 17.8. The molecule has 6 heteroatoms. The molecule has 5 nitrogen and oxygen atoms in total. The van der Waals surface area contributed by atoms with E-state index < -0.39 is 17.1 Å². The third-order valence-corrected chi connectivity index (χ3v) is 3.88. The number of benzene rings is 1. The first-order valence-electron chi connectivity index (χ1n) is 8.25. The fraction of sp³-hybridized carbons (Fsp3) is 0.556. The van der Waals surface area contributed by atoms with Crippen LogP contribution in [-0.4, -0.2) is 30.7 Å². The van der Waals surface area contributed by atoms with E-state index in [1.54, 1.807) is 39.0 Å². The van der Waals surface area contributed by atoms with Crippen LogP contribution in [0.4, 0.5) is 9.18 Å². The molecule has 1 aromatic carbocycles. The summed E-state index contributed by atoms with van der Waals surface area (Å²) < 4.78 is 19.0. The first kappa shape index (κ1) is 18.2. The van der Waals surface area contributed by atoms with Gasteiger partial charge in [0, 0.05) is 18.7 Å². The van der Waals surface area contributed by atoms with Crippen LogP contribution < -0.4 is 10.6 Å². The van der Waals surface area contributed by atoms with E-state index in [0.29, 0.717) is 37.9 Å². The molecule has 0 spiro atoms. The summed E-state index contributed by atoms with van der Waals surface area (Å²) in [6.07, 6.45) is 1.43. The van der Waals surface area contributed by atoms with E-state index in [-0.39, 0.29) is 11.7 Å². The van der Waals surface area contributed by atoms with E-state index in [1.165, 1.54) is 6.07 Å². The van der Waals surface area contributed by atoms with Crippen molar-refractivity contribution in [2.75, 3.05) is 13.1 Å². The van der Waals surface area contributed by atoms with Crippen LogP contribution >= 0.6 is 0 Å². The molecule has 2 rings (SSSR count). The standard InChI is InChI=1S/C18H25FN2O3/c1-17(2,3)24-16(23)21-12-6-11-20-15(22)18(9-10-18)13-7-4-5-8-14(13)19/h4-5,7-8H,6,9-12H2,1-3H3,(H,20,22)(H,21,23). The van der Waals surface area contributed by atoms with E-state index in [2.05, 4.69) is 10.6 Å². The molecule has 1 fully saturated rings. The number of carbonyl (C=O) groups excluding carboxylic acids is 2. The van der Waals surface area contributed by atoms with Crippen molar-refractivity contribution in [3.8, 4) is 0 Å². The monoisotopic (exact) mass is 336 g/mol. The number of nitrogens with one attached hydrogen (secondary N) is 2. The minimum absolute atomic E-state index is 0.148. The van der Waals surface area contributed by atoms with Crippen molar-refractivity contribution in [2.45, 2.75) is 51.0 Å². The van der Waals surface area contributed by atoms with Gasteiger partial charge in [-0.2, -0.15) is 0 Å². The van der Waals surface area contributed by atoms with Gasteiger partial charge in [-0.1, -0.05) is 18.2 Å². The Morgan fingerprint density at radius 2 is 1.79 bits per heavy atom. The highest BCUT2D eigenvalue weighted by atomic mass is 19.1. The van der Waals surface area contributed by atoms with Gasteiger partial charge < -0.3 is 15.4 Å². The zero-order valence-corrected chi connectivity index (χ0v) is 14.4.